The summed E-state index contributed by atoms with van der Waals surface area (Å²) in [5, 5.41) is 9.78. The van der Waals surface area contributed by atoms with Gasteiger partial charge in [-0.1, -0.05) is 20.8 Å². The van der Waals surface area contributed by atoms with Crippen LogP contribution in [0.4, 0.5) is 0 Å². The molecule has 0 bridgehead atoms. The Morgan fingerprint density at radius 3 is 2.21 bits per heavy atom. The van der Waals surface area contributed by atoms with E-state index in [4.69, 9.17) is 0 Å². The van der Waals surface area contributed by atoms with E-state index in [0.29, 0.717) is 12.8 Å². The molecule has 14 heavy (non-hydrogen) atoms. The van der Waals surface area contributed by atoms with Crippen LogP contribution in [0.25, 0.3) is 0 Å². The molecule has 0 rings (SSSR count). The maximum atomic E-state index is 10.9. The summed E-state index contributed by atoms with van der Waals surface area (Å²) < 4.78 is 21.7. The molecule has 0 aromatic heterocycles. The normalized spacial score (nSPS) is 15.5. The van der Waals surface area contributed by atoms with Crippen LogP contribution in [0.2, 0.25) is 0 Å². The van der Waals surface area contributed by atoms with E-state index in [2.05, 4.69) is 0 Å². The van der Waals surface area contributed by atoms with Crippen LogP contribution in [0.3, 0.4) is 0 Å². The predicted molar refractivity (Wildman–Crippen MR) is 59.0 cm³/mol. The Morgan fingerprint density at radius 1 is 1.36 bits per heavy atom. The minimum Gasteiger partial charge on any atom is -0.393 e. The molecule has 0 radical (unpaired) electrons. The third-order valence-corrected chi connectivity index (χ3v) is 3.84. The van der Waals surface area contributed by atoms with Crippen LogP contribution in [0, 0.1) is 5.41 Å². The minimum absolute atomic E-state index is 0.114. The van der Waals surface area contributed by atoms with E-state index in [0.717, 1.165) is 6.42 Å². The summed E-state index contributed by atoms with van der Waals surface area (Å²) in [5.74, 6) is 0.170. The molecule has 0 aromatic carbocycles. The molecule has 0 fully saturated rings. The lowest BCUT2D eigenvalue weighted by atomic mass is 9.82. The zero-order valence-electron chi connectivity index (χ0n) is 9.58. The van der Waals surface area contributed by atoms with Crippen LogP contribution >= 0.6 is 0 Å². The Morgan fingerprint density at radius 2 is 1.86 bits per heavy atom. The van der Waals surface area contributed by atoms with Crippen LogP contribution < -0.4 is 0 Å². The van der Waals surface area contributed by atoms with Gasteiger partial charge in [-0.15, -0.1) is 0 Å². The third-order valence-electron chi connectivity index (χ3n) is 2.81. The van der Waals surface area contributed by atoms with Crippen molar-refractivity contribution in [3.63, 3.8) is 0 Å². The fourth-order valence-corrected chi connectivity index (χ4v) is 1.86. The molecule has 1 atom stereocenters. The number of sulfone groups is 1. The van der Waals surface area contributed by atoms with Gasteiger partial charge >= 0.3 is 0 Å². The van der Waals surface area contributed by atoms with Crippen LogP contribution in [0.1, 0.15) is 40.0 Å². The second-order valence-electron chi connectivity index (χ2n) is 4.63. The highest BCUT2D eigenvalue weighted by atomic mass is 32.2. The zero-order chi connectivity index (χ0) is 11.4. The highest BCUT2D eigenvalue weighted by molar-refractivity contribution is 7.90. The van der Waals surface area contributed by atoms with Gasteiger partial charge in [0.2, 0.25) is 0 Å². The fourth-order valence-electron chi connectivity index (χ4n) is 1.17. The van der Waals surface area contributed by atoms with E-state index in [1.807, 2.05) is 20.8 Å². The molecule has 0 aliphatic carbocycles. The molecule has 1 N–H and O–H groups in total. The summed E-state index contributed by atoms with van der Waals surface area (Å²) in [6.07, 6.45) is 2.82. The van der Waals surface area contributed by atoms with Crippen molar-refractivity contribution in [1.29, 1.82) is 0 Å². The van der Waals surface area contributed by atoms with E-state index in [1.165, 1.54) is 6.26 Å². The van der Waals surface area contributed by atoms with Crippen molar-refractivity contribution >= 4 is 9.84 Å². The van der Waals surface area contributed by atoms with Gasteiger partial charge in [0.1, 0.15) is 9.84 Å². The maximum Gasteiger partial charge on any atom is 0.147 e. The maximum absolute atomic E-state index is 10.9. The molecular weight excluding hydrogens is 200 g/mol. The fraction of sp³-hybridized carbons (Fsp3) is 1.00. The second-order valence-corrected chi connectivity index (χ2v) is 6.89. The molecular formula is C10H22O3S. The number of rotatable bonds is 6. The Labute approximate surface area is 87.4 Å². The lowest BCUT2D eigenvalue weighted by molar-refractivity contribution is 0.0402. The second kappa shape index (κ2) is 5.12. The van der Waals surface area contributed by atoms with E-state index in [1.54, 1.807) is 0 Å². The topological polar surface area (TPSA) is 54.4 Å². The summed E-state index contributed by atoms with van der Waals surface area (Å²) >= 11 is 0. The van der Waals surface area contributed by atoms with Gasteiger partial charge < -0.3 is 5.11 Å². The van der Waals surface area contributed by atoms with Crippen LogP contribution in [0.15, 0.2) is 0 Å². The molecule has 0 heterocycles. The molecule has 0 saturated heterocycles. The lowest BCUT2D eigenvalue weighted by Gasteiger charge is -2.29. The molecule has 1 unspecified atom stereocenters. The van der Waals surface area contributed by atoms with Gasteiger partial charge in [-0.25, -0.2) is 8.42 Å². The quantitative estimate of drug-likeness (QED) is 0.743. The van der Waals surface area contributed by atoms with Crippen LogP contribution in [-0.2, 0) is 9.84 Å². The zero-order valence-corrected chi connectivity index (χ0v) is 10.4. The Bertz CT molecular complexity index is 255. The van der Waals surface area contributed by atoms with Gasteiger partial charge in [-0.2, -0.15) is 0 Å². The SMILES string of the molecule is CCC(C)(C)C(O)CCCS(C)(=O)=O. The minimum atomic E-state index is -2.88. The predicted octanol–water partition coefficient (Wildman–Crippen LogP) is 1.61. The third kappa shape index (κ3) is 5.60. The van der Waals surface area contributed by atoms with E-state index < -0.39 is 15.9 Å². The highest BCUT2D eigenvalue weighted by Crippen LogP contribution is 2.27. The average molecular weight is 222 g/mol. The van der Waals surface area contributed by atoms with Gasteiger partial charge in [0.05, 0.1) is 6.10 Å². The van der Waals surface area contributed by atoms with E-state index in [-0.39, 0.29) is 11.2 Å². The smallest absolute Gasteiger partial charge is 0.147 e. The summed E-state index contributed by atoms with van der Waals surface area (Å²) in [6, 6.07) is 0. The highest BCUT2D eigenvalue weighted by Gasteiger charge is 2.25. The van der Waals surface area contributed by atoms with Gasteiger partial charge in [-0.05, 0) is 24.7 Å². The standard InChI is InChI=1S/C10H22O3S/c1-5-10(2,3)9(11)7-6-8-14(4,12)13/h9,11H,5-8H2,1-4H3. The monoisotopic (exact) mass is 222 g/mol. The number of aliphatic hydroxyl groups excluding tert-OH is 1. The van der Waals surface area contributed by atoms with Gasteiger partial charge in [0.15, 0.2) is 0 Å². The first-order chi connectivity index (χ1) is 6.19. The first-order valence-corrected chi connectivity index (χ1v) is 7.11. The van der Waals surface area contributed by atoms with Crippen molar-refractivity contribution in [2.75, 3.05) is 12.0 Å². The van der Waals surface area contributed by atoms with Crippen LogP contribution in [0.5, 0.6) is 0 Å². The molecule has 0 aliphatic heterocycles. The molecule has 0 aliphatic rings. The number of aliphatic hydroxyl groups is 1. The molecule has 86 valence electrons. The molecule has 0 amide bonds. The average Bonchev–Trinajstić information content (AvgIpc) is 2.02. The van der Waals surface area contributed by atoms with Crippen molar-refractivity contribution in [3.05, 3.63) is 0 Å². The van der Waals surface area contributed by atoms with Crippen molar-refractivity contribution in [2.45, 2.75) is 46.1 Å². The number of hydrogen-bond donors (Lipinski definition) is 1. The van der Waals surface area contributed by atoms with E-state index >= 15 is 0 Å². The first-order valence-electron chi connectivity index (χ1n) is 5.05. The summed E-state index contributed by atoms with van der Waals surface area (Å²) in [6.45, 7) is 6.02. The van der Waals surface area contributed by atoms with Gasteiger partial charge in [0.25, 0.3) is 0 Å². The largest absolute Gasteiger partial charge is 0.393 e. The van der Waals surface area contributed by atoms with Crippen molar-refractivity contribution < 1.29 is 13.5 Å². The Kier molecular flexibility index (Phi) is 5.09. The molecule has 4 heteroatoms. The Hall–Kier alpha value is -0.0900. The van der Waals surface area contributed by atoms with E-state index in [9.17, 15) is 13.5 Å². The molecule has 0 aromatic rings. The Balaban J connectivity index is 3.92. The van der Waals surface area contributed by atoms with Crippen LogP contribution in [-0.4, -0.2) is 31.6 Å². The lowest BCUT2D eigenvalue weighted by Crippen LogP contribution is -2.28. The number of hydrogen-bond acceptors (Lipinski definition) is 3. The molecule has 0 spiro atoms. The molecule has 3 nitrogen and oxygen atoms in total. The van der Waals surface area contributed by atoms with Crippen molar-refractivity contribution in [2.24, 2.45) is 5.41 Å². The molecule has 0 saturated carbocycles. The first kappa shape index (κ1) is 13.9. The summed E-state index contributed by atoms with van der Waals surface area (Å²) in [4.78, 5) is 0. The van der Waals surface area contributed by atoms with Crippen molar-refractivity contribution in [3.8, 4) is 0 Å². The summed E-state index contributed by atoms with van der Waals surface area (Å²) in [5.41, 5.74) is -0.114. The summed E-state index contributed by atoms with van der Waals surface area (Å²) in [7, 11) is -2.88. The van der Waals surface area contributed by atoms with Crippen molar-refractivity contribution in [1.82, 2.24) is 0 Å². The van der Waals surface area contributed by atoms with Gasteiger partial charge in [0, 0.05) is 12.0 Å². The van der Waals surface area contributed by atoms with Gasteiger partial charge in [-0.3, -0.25) is 0 Å².